The van der Waals surface area contributed by atoms with Gasteiger partial charge in [0.05, 0.1) is 16.1 Å². The van der Waals surface area contributed by atoms with Gasteiger partial charge in [-0.3, -0.25) is 14.4 Å². The molecule has 2 heterocycles. The van der Waals surface area contributed by atoms with E-state index in [4.69, 9.17) is 12.2 Å². The van der Waals surface area contributed by atoms with Gasteiger partial charge in [0.1, 0.15) is 6.04 Å². The van der Waals surface area contributed by atoms with Crippen LogP contribution in [0.25, 0.3) is 11.6 Å². The highest BCUT2D eigenvalue weighted by atomic mass is 32.1. The lowest BCUT2D eigenvalue weighted by Crippen LogP contribution is -2.23. The quantitative estimate of drug-likeness (QED) is 0.426. The highest BCUT2D eigenvalue weighted by Crippen LogP contribution is 2.37. The summed E-state index contributed by atoms with van der Waals surface area (Å²) in [7, 11) is 0. The van der Waals surface area contributed by atoms with Crippen LogP contribution < -0.4 is 5.32 Å². The number of aromatic hydroxyl groups is 1. The van der Waals surface area contributed by atoms with Gasteiger partial charge in [0.15, 0.2) is 3.95 Å². The number of amides is 1. The first kappa shape index (κ1) is 22.0. The van der Waals surface area contributed by atoms with Crippen molar-refractivity contribution in [3.8, 4) is 5.88 Å². The fraction of sp³-hybridized carbons (Fsp3) is 0.136. The van der Waals surface area contributed by atoms with Crippen LogP contribution in [0.5, 0.6) is 5.88 Å². The normalized spacial score (nSPS) is 15.1. The fourth-order valence-corrected chi connectivity index (χ4v) is 4.68. The Labute approximate surface area is 190 Å². The summed E-state index contributed by atoms with van der Waals surface area (Å²) in [5.74, 6) is -0.808. The molecule has 1 unspecified atom stereocenters. The van der Waals surface area contributed by atoms with Crippen LogP contribution in [0.15, 0.2) is 53.5 Å². The minimum atomic E-state index is -4.52. The first-order valence-corrected chi connectivity index (χ1v) is 10.6. The van der Waals surface area contributed by atoms with E-state index in [1.165, 1.54) is 23.6 Å². The molecule has 32 heavy (non-hydrogen) atoms. The molecule has 0 radical (unpaired) electrons. The number of para-hydroxylation sites is 1. The number of alkyl halides is 3. The summed E-state index contributed by atoms with van der Waals surface area (Å²) >= 11 is 6.46. The number of carbonyl (C=O) groups excluding carboxylic acids is 1. The van der Waals surface area contributed by atoms with Crippen molar-refractivity contribution in [3.63, 3.8) is 0 Å². The molecule has 0 spiro atoms. The molecule has 0 bridgehead atoms. The van der Waals surface area contributed by atoms with Crippen LogP contribution >= 0.6 is 23.6 Å². The van der Waals surface area contributed by atoms with Gasteiger partial charge in [0.25, 0.3) is 0 Å². The molecule has 1 amide bonds. The van der Waals surface area contributed by atoms with Gasteiger partial charge in [-0.25, -0.2) is 0 Å². The number of rotatable bonds is 4. The Balaban J connectivity index is 1.59. The van der Waals surface area contributed by atoms with Crippen LogP contribution in [0.1, 0.15) is 29.0 Å². The first-order chi connectivity index (χ1) is 15.1. The molecule has 4 rings (SSSR count). The SMILES string of the molecule is CC(C(=O)Nc1cccc(C(F)(F)F)c1)n1c(O)c(/C=C2/C=Nc3ccccc32)sc1=S. The number of nitrogens with one attached hydrogen (secondary N) is 1. The number of hydrogen-bond acceptors (Lipinski definition) is 5. The van der Waals surface area contributed by atoms with E-state index < -0.39 is 23.7 Å². The zero-order chi connectivity index (χ0) is 23.0. The van der Waals surface area contributed by atoms with Crippen molar-refractivity contribution < 1.29 is 23.1 Å². The van der Waals surface area contributed by atoms with Crippen molar-refractivity contribution >= 4 is 58.7 Å². The standard InChI is InChI=1S/C22H16F3N3O2S2/c1-12(19(29)27-15-6-4-5-14(10-15)22(23,24)25)28-20(30)18(32-21(28)31)9-13-11-26-17-8-3-2-7-16(13)17/h2-12,30H,1H3,(H,27,29)/b13-9-. The Morgan fingerprint density at radius 2 is 2.00 bits per heavy atom. The Bertz CT molecular complexity index is 1320. The lowest BCUT2D eigenvalue weighted by molar-refractivity contribution is -0.137. The molecule has 1 aliphatic heterocycles. The summed E-state index contributed by atoms with van der Waals surface area (Å²) in [5, 5.41) is 13.2. The van der Waals surface area contributed by atoms with Gasteiger partial charge < -0.3 is 10.4 Å². The Morgan fingerprint density at radius 3 is 2.75 bits per heavy atom. The average Bonchev–Trinajstić information content (AvgIpc) is 3.28. The van der Waals surface area contributed by atoms with E-state index in [0.717, 1.165) is 40.3 Å². The number of aromatic nitrogens is 1. The molecule has 1 aliphatic rings. The summed E-state index contributed by atoms with van der Waals surface area (Å²) in [6.45, 7) is 1.51. The Kier molecular flexibility index (Phi) is 5.74. The van der Waals surface area contributed by atoms with Crippen LogP contribution in [0.3, 0.4) is 0 Å². The highest BCUT2D eigenvalue weighted by molar-refractivity contribution is 7.73. The number of hydrogen-bond donors (Lipinski definition) is 2. The van der Waals surface area contributed by atoms with Gasteiger partial charge in [0.2, 0.25) is 11.8 Å². The monoisotopic (exact) mass is 475 g/mol. The number of aliphatic imine (C=N–C) groups is 1. The lowest BCUT2D eigenvalue weighted by atomic mass is 10.1. The van der Waals surface area contributed by atoms with Gasteiger partial charge in [0, 0.05) is 23.0 Å². The van der Waals surface area contributed by atoms with Crippen molar-refractivity contribution in [1.82, 2.24) is 4.57 Å². The molecule has 0 aliphatic carbocycles. The minimum absolute atomic E-state index is 0.000900. The van der Waals surface area contributed by atoms with E-state index >= 15 is 0 Å². The molecule has 0 saturated heterocycles. The zero-order valence-electron chi connectivity index (χ0n) is 16.6. The number of anilines is 1. The van der Waals surface area contributed by atoms with E-state index in [2.05, 4.69) is 10.3 Å². The Morgan fingerprint density at radius 1 is 1.25 bits per heavy atom. The van der Waals surface area contributed by atoms with Gasteiger partial charge in [-0.1, -0.05) is 24.3 Å². The van der Waals surface area contributed by atoms with Crippen molar-refractivity contribution in [2.24, 2.45) is 4.99 Å². The molecule has 164 valence electrons. The smallest absolute Gasteiger partial charge is 0.416 e. The number of fused-ring (bicyclic) bond motifs is 1. The van der Waals surface area contributed by atoms with E-state index in [-0.39, 0.29) is 15.5 Å². The number of thiazole rings is 1. The molecular formula is C22H16F3N3O2S2. The molecule has 1 atom stereocenters. The van der Waals surface area contributed by atoms with Crippen molar-refractivity contribution in [2.45, 2.75) is 19.1 Å². The highest BCUT2D eigenvalue weighted by Gasteiger charge is 2.31. The van der Waals surface area contributed by atoms with Crippen molar-refractivity contribution in [3.05, 3.63) is 68.5 Å². The van der Waals surface area contributed by atoms with Gasteiger partial charge in [-0.15, -0.1) is 11.3 Å². The first-order valence-electron chi connectivity index (χ1n) is 9.43. The van der Waals surface area contributed by atoms with Crippen LogP contribution in [-0.2, 0) is 11.0 Å². The molecular weight excluding hydrogens is 459 g/mol. The molecule has 1 aromatic heterocycles. The topological polar surface area (TPSA) is 66.6 Å². The molecule has 10 heteroatoms. The fourth-order valence-electron chi connectivity index (χ4n) is 3.26. The number of benzene rings is 2. The third kappa shape index (κ3) is 4.23. The number of halogens is 3. The maximum absolute atomic E-state index is 12.9. The van der Waals surface area contributed by atoms with Crippen LogP contribution in [0, 0.1) is 3.95 Å². The summed E-state index contributed by atoms with van der Waals surface area (Å²) < 4.78 is 40.3. The van der Waals surface area contributed by atoms with E-state index in [1.807, 2.05) is 24.3 Å². The third-order valence-electron chi connectivity index (χ3n) is 4.91. The Hall–Kier alpha value is -3.24. The van der Waals surface area contributed by atoms with Crippen LogP contribution in [0.2, 0.25) is 0 Å². The van der Waals surface area contributed by atoms with Gasteiger partial charge >= 0.3 is 6.18 Å². The third-order valence-corrected chi connectivity index (χ3v) is 6.25. The van der Waals surface area contributed by atoms with Gasteiger partial charge in [-0.2, -0.15) is 13.2 Å². The predicted molar refractivity (Wildman–Crippen MR) is 122 cm³/mol. The van der Waals surface area contributed by atoms with Gasteiger partial charge in [-0.05, 0) is 49.5 Å². The maximum Gasteiger partial charge on any atom is 0.416 e. The second-order valence-corrected chi connectivity index (χ2v) is 8.72. The molecule has 2 aromatic carbocycles. The molecule has 0 saturated carbocycles. The van der Waals surface area contributed by atoms with E-state index in [0.29, 0.717) is 4.88 Å². The number of nitrogens with zero attached hydrogens (tertiary/aromatic N) is 2. The second kappa shape index (κ2) is 8.36. The minimum Gasteiger partial charge on any atom is -0.493 e. The molecule has 0 fully saturated rings. The predicted octanol–water partition coefficient (Wildman–Crippen LogP) is 6.46. The largest absolute Gasteiger partial charge is 0.493 e. The summed E-state index contributed by atoms with van der Waals surface area (Å²) in [5.41, 5.74) is 1.65. The second-order valence-electron chi connectivity index (χ2n) is 7.04. The maximum atomic E-state index is 12.9. The average molecular weight is 476 g/mol. The van der Waals surface area contributed by atoms with Crippen molar-refractivity contribution in [2.75, 3.05) is 5.32 Å². The number of allylic oxidation sites excluding steroid dienone is 1. The molecule has 2 N–H and O–H groups in total. The van der Waals surface area contributed by atoms with Crippen LogP contribution in [0.4, 0.5) is 24.5 Å². The van der Waals surface area contributed by atoms with E-state index in [1.54, 1.807) is 12.3 Å². The summed E-state index contributed by atoms with van der Waals surface area (Å²) in [6.07, 6.45) is -1.11. The summed E-state index contributed by atoms with van der Waals surface area (Å²) in [4.78, 5) is 17.5. The summed E-state index contributed by atoms with van der Waals surface area (Å²) in [6, 6.07) is 10.9. The van der Waals surface area contributed by atoms with E-state index in [9.17, 15) is 23.1 Å². The van der Waals surface area contributed by atoms with Crippen LogP contribution in [-0.4, -0.2) is 21.8 Å². The van der Waals surface area contributed by atoms with Crippen molar-refractivity contribution in [1.29, 1.82) is 0 Å². The lowest BCUT2D eigenvalue weighted by Gasteiger charge is -2.15. The molecule has 5 nitrogen and oxygen atoms in total. The number of carbonyl (C=O) groups is 1. The molecule has 3 aromatic rings. The zero-order valence-corrected chi connectivity index (χ0v) is 18.2.